The summed E-state index contributed by atoms with van der Waals surface area (Å²) in [5, 5.41) is 14.3. The van der Waals surface area contributed by atoms with E-state index in [0.29, 0.717) is 18.5 Å². The Labute approximate surface area is 201 Å². The molecule has 1 aliphatic rings. The second-order valence-electron chi connectivity index (χ2n) is 8.90. The van der Waals surface area contributed by atoms with E-state index >= 15 is 0 Å². The molecule has 0 unspecified atom stereocenters. The third-order valence-electron chi connectivity index (χ3n) is 6.50. The van der Waals surface area contributed by atoms with Crippen molar-refractivity contribution in [3.63, 3.8) is 0 Å². The van der Waals surface area contributed by atoms with Gasteiger partial charge in [-0.15, -0.1) is 0 Å². The van der Waals surface area contributed by atoms with Gasteiger partial charge >= 0.3 is 0 Å². The van der Waals surface area contributed by atoms with Crippen LogP contribution in [-0.4, -0.2) is 46.7 Å². The number of amides is 1. The zero-order valence-electron chi connectivity index (χ0n) is 19.9. The van der Waals surface area contributed by atoms with Crippen molar-refractivity contribution in [1.29, 1.82) is 0 Å². The standard InChI is InChI=1S/C27H33N3O4/c1-3-20(2)24(16-15-21-10-5-4-6-11-21)28-27(32)25-14-7-8-17-29(25)19-26(31)22-12-9-13-23(18-22)30(33)34/h4-6,9-13,15-16,18,20,24-25H,3,7-8,14,17,19H2,1-2H3,(H,28,32)/b16-15+/t20-,24+,25-/m0/s1. The van der Waals surface area contributed by atoms with Crippen LogP contribution in [0, 0.1) is 16.0 Å². The first kappa shape index (κ1) is 25.3. The molecule has 1 aliphatic heterocycles. The summed E-state index contributed by atoms with van der Waals surface area (Å²) < 4.78 is 0. The van der Waals surface area contributed by atoms with Crippen molar-refractivity contribution in [2.75, 3.05) is 13.1 Å². The number of carbonyl (C=O) groups is 2. The van der Waals surface area contributed by atoms with Crippen LogP contribution in [0.2, 0.25) is 0 Å². The molecule has 1 saturated heterocycles. The normalized spacial score (nSPS) is 18.4. The molecule has 3 rings (SSSR count). The maximum Gasteiger partial charge on any atom is 0.270 e. The summed E-state index contributed by atoms with van der Waals surface area (Å²) in [6, 6.07) is 15.2. The van der Waals surface area contributed by atoms with Crippen LogP contribution in [0.15, 0.2) is 60.7 Å². The van der Waals surface area contributed by atoms with Gasteiger partial charge in [0.25, 0.3) is 5.69 Å². The topological polar surface area (TPSA) is 92.6 Å². The number of likely N-dealkylation sites (tertiary alicyclic amines) is 1. The van der Waals surface area contributed by atoms with Gasteiger partial charge in [0.2, 0.25) is 5.91 Å². The molecule has 1 N–H and O–H groups in total. The van der Waals surface area contributed by atoms with Gasteiger partial charge in [0.1, 0.15) is 0 Å². The predicted molar refractivity (Wildman–Crippen MR) is 134 cm³/mol. The lowest BCUT2D eigenvalue weighted by molar-refractivity contribution is -0.384. The molecule has 1 fully saturated rings. The highest BCUT2D eigenvalue weighted by molar-refractivity contribution is 5.98. The highest BCUT2D eigenvalue weighted by atomic mass is 16.6. The average Bonchev–Trinajstić information content (AvgIpc) is 2.86. The fourth-order valence-corrected chi connectivity index (χ4v) is 4.22. The van der Waals surface area contributed by atoms with Crippen LogP contribution >= 0.6 is 0 Å². The summed E-state index contributed by atoms with van der Waals surface area (Å²) in [7, 11) is 0. The summed E-state index contributed by atoms with van der Waals surface area (Å²) in [6.45, 7) is 4.93. The van der Waals surface area contributed by atoms with E-state index in [0.717, 1.165) is 24.8 Å². The van der Waals surface area contributed by atoms with Crippen molar-refractivity contribution in [3.05, 3.63) is 81.9 Å². The minimum atomic E-state index is -0.508. The van der Waals surface area contributed by atoms with Gasteiger partial charge in [0.15, 0.2) is 5.78 Å². The van der Waals surface area contributed by atoms with Crippen LogP contribution in [0.1, 0.15) is 55.5 Å². The first-order valence-corrected chi connectivity index (χ1v) is 11.9. The number of carbonyl (C=O) groups excluding carboxylic acids is 2. The second-order valence-corrected chi connectivity index (χ2v) is 8.90. The Kier molecular flexibility index (Phi) is 9.10. The van der Waals surface area contributed by atoms with Crippen molar-refractivity contribution < 1.29 is 14.5 Å². The molecular weight excluding hydrogens is 430 g/mol. The molecule has 3 atom stereocenters. The molecule has 0 spiro atoms. The number of nitrogens with one attached hydrogen (secondary N) is 1. The third-order valence-corrected chi connectivity index (χ3v) is 6.50. The Morgan fingerprint density at radius 1 is 1.18 bits per heavy atom. The molecule has 0 bridgehead atoms. The molecule has 1 heterocycles. The lowest BCUT2D eigenvalue weighted by atomic mass is 9.95. The van der Waals surface area contributed by atoms with Crippen molar-refractivity contribution in [2.24, 2.45) is 5.92 Å². The number of rotatable bonds is 10. The zero-order valence-corrected chi connectivity index (χ0v) is 19.9. The van der Waals surface area contributed by atoms with Crippen LogP contribution in [0.4, 0.5) is 5.69 Å². The lowest BCUT2D eigenvalue weighted by Crippen LogP contribution is -2.53. The summed E-state index contributed by atoms with van der Waals surface area (Å²) in [6.07, 6.45) is 7.51. The van der Waals surface area contributed by atoms with Gasteiger partial charge in [0, 0.05) is 17.7 Å². The van der Waals surface area contributed by atoms with Crippen LogP contribution in [0.25, 0.3) is 6.08 Å². The molecule has 0 radical (unpaired) electrons. The number of benzene rings is 2. The van der Waals surface area contributed by atoms with E-state index in [1.165, 1.54) is 18.2 Å². The highest BCUT2D eigenvalue weighted by Crippen LogP contribution is 2.21. The third kappa shape index (κ3) is 6.84. The van der Waals surface area contributed by atoms with Crippen LogP contribution < -0.4 is 5.32 Å². The van der Waals surface area contributed by atoms with E-state index in [2.05, 4.69) is 19.2 Å². The molecular formula is C27H33N3O4. The van der Waals surface area contributed by atoms with Gasteiger partial charge in [-0.05, 0) is 30.9 Å². The van der Waals surface area contributed by atoms with Gasteiger partial charge in [-0.2, -0.15) is 0 Å². The van der Waals surface area contributed by atoms with Gasteiger partial charge in [-0.1, -0.05) is 81.3 Å². The number of nitro groups is 1. The van der Waals surface area contributed by atoms with Crippen molar-refractivity contribution in [2.45, 2.75) is 51.6 Å². The Morgan fingerprint density at radius 2 is 1.94 bits per heavy atom. The number of piperidine rings is 1. The van der Waals surface area contributed by atoms with E-state index in [4.69, 9.17) is 0 Å². The molecule has 1 amide bonds. The first-order chi connectivity index (χ1) is 16.4. The summed E-state index contributed by atoms with van der Waals surface area (Å²) in [4.78, 5) is 38.7. The molecule has 180 valence electrons. The largest absolute Gasteiger partial charge is 0.348 e. The van der Waals surface area contributed by atoms with Crippen molar-refractivity contribution in [3.8, 4) is 0 Å². The molecule has 7 nitrogen and oxygen atoms in total. The second kappa shape index (κ2) is 12.2. The number of non-ortho nitro benzene ring substituents is 1. The number of hydrogen-bond acceptors (Lipinski definition) is 5. The molecule has 2 aromatic carbocycles. The van der Waals surface area contributed by atoms with Gasteiger partial charge in [-0.3, -0.25) is 24.6 Å². The Morgan fingerprint density at radius 3 is 2.65 bits per heavy atom. The lowest BCUT2D eigenvalue weighted by Gasteiger charge is -2.35. The van der Waals surface area contributed by atoms with E-state index in [1.807, 2.05) is 47.4 Å². The van der Waals surface area contributed by atoms with E-state index in [1.54, 1.807) is 6.07 Å². The van der Waals surface area contributed by atoms with Gasteiger partial charge < -0.3 is 5.32 Å². The molecule has 34 heavy (non-hydrogen) atoms. The maximum absolute atomic E-state index is 13.3. The van der Waals surface area contributed by atoms with Gasteiger partial charge in [0.05, 0.1) is 23.6 Å². The van der Waals surface area contributed by atoms with Crippen molar-refractivity contribution in [1.82, 2.24) is 10.2 Å². The van der Waals surface area contributed by atoms with Crippen LogP contribution in [0.3, 0.4) is 0 Å². The average molecular weight is 464 g/mol. The Hall–Kier alpha value is -3.32. The first-order valence-electron chi connectivity index (χ1n) is 11.9. The number of nitrogens with zero attached hydrogens (tertiary/aromatic N) is 2. The number of nitro benzene ring substituents is 1. The van der Waals surface area contributed by atoms with E-state index < -0.39 is 11.0 Å². The molecule has 2 aromatic rings. The maximum atomic E-state index is 13.3. The minimum Gasteiger partial charge on any atom is -0.348 e. The summed E-state index contributed by atoms with van der Waals surface area (Å²) >= 11 is 0. The van der Waals surface area contributed by atoms with Gasteiger partial charge in [-0.25, -0.2) is 0 Å². The van der Waals surface area contributed by atoms with Crippen LogP contribution in [0.5, 0.6) is 0 Å². The molecule has 0 aliphatic carbocycles. The number of Topliss-reactive ketones (excluding diaryl/α,β-unsaturated/α-hetero) is 1. The number of ketones is 1. The Balaban J connectivity index is 1.70. The fraction of sp³-hybridized carbons (Fsp3) is 0.407. The highest BCUT2D eigenvalue weighted by Gasteiger charge is 2.31. The molecule has 0 aromatic heterocycles. The fourth-order valence-electron chi connectivity index (χ4n) is 4.22. The SMILES string of the molecule is CC[C@H](C)[C@@H](/C=C/c1ccccc1)NC(=O)[C@@H]1CCCCN1CC(=O)c1cccc([N+](=O)[O-])c1. The van der Waals surface area contributed by atoms with E-state index in [9.17, 15) is 19.7 Å². The Bertz CT molecular complexity index is 1020. The van der Waals surface area contributed by atoms with E-state index in [-0.39, 0.29) is 35.9 Å². The van der Waals surface area contributed by atoms with Crippen molar-refractivity contribution >= 4 is 23.5 Å². The van der Waals surface area contributed by atoms with Crippen LogP contribution in [-0.2, 0) is 4.79 Å². The number of hydrogen-bond donors (Lipinski definition) is 1. The molecule has 0 saturated carbocycles. The quantitative estimate of drug-likeness (QED) is 0.308. The monoisotopic (exact) mass is 463 g/mol. The predicted octanol–water partition coefficient (Wildman–Crippen LogP) is 4.88. The molecule has 7 heteroatoms. The smallest absolute Gasteiger partial charge is 0.270 e. The zero-order chi connectivity index (χ0) is 24.5. The summed E-state index contributed by atoms with van der Waals surface area (Å²) in [5.41, 5.74) is 1.26. The summed E-state index contributed by atoms with van der Waals surface area (Å²) in [5.74, 6) is -0.0344. The minimum absolute atomic E-state index is 0.0626.